The Labute approximate surface area is 141 Å². The molecule has 0 aromatic carbocycles. The van der Waals surface area contributed by atoms with Gasteiger partial charge in [-0.05, 0) is 11.8 Å². The van der Waals surface area contributed by atoms with E-state index in [1.165, 1.54) is 89.9 Å². The van der Waals surface area contributed by atoms with Gasteiger partial charge in [0.05, 0.1) is 0 Å². The zero-order valence-corrected chi connectivity index (χ0v) is 15.8. The summed E-state index contributed by atoms with van der Waals surface area (Å²) in [4.78, 5) is 0. The Morgan fingerprint density at radius 3 is 1.50 bits per heavy atom. The third-order valence-corrected chi connectivity index (χ3v) is 5.08. The quantitative estimate of drug-likeness (QED) is 0.241. The van der Waals surface area contributed by atoms with Crippen molar-refractivity contribution in [1.29, 1.82) is 0 Å². The molecule has 2 N–H and O–H groups in total. The number of unbranched alkanes of at least 4 members (excludes halogenated alkanes) is 12. The minimum absolute atomic E-state index is 0.129. The molecule has 0 saturated carbocycles. The van der Waals surface area contributed by atoms with E-state index in [9.17, 15) is 0 Å². The third kappa shape index (κ3) is 12.3. The predicted molar refractivity (Wildman–Crippen MR) is 102 cm³/mol. The predicted octanol–water partition coefficient (Wildman–Crippen LogP) is 7.01. The van der Waals surface area contributed by atoms with E-state index in [1.54, 1.807) is 0 Å². The standard InChI is InChI=1S/C21H43N/c1-5-7-8-9-10-11-12-13-14-15-16-17-18-19-21(3,4)20(22)6-2/h6,20H,2,5,7-19,22H2,1,3-4H3. The van der Waals surface area contributed by atoms with Crippen LogP contribution in [0.3, 0.4) is 0 Å². The second kappa shape index (κ2) is 14.3. The molecule has 0 aromatic heterocycles. The summed E-state index contributed by atoms with van der Waals surface area (Å²) < 4.78 is 0. The van der Waals surface area contributed by atoms with E-state index in [4.69, 9.17) is 5.73 Å². The monoisotopic (exact) mass is 309 g/mol. The molecule has 0 aliphatic carbocycles. The molecule has 1 atom stereocenters. The zero-order valence-electron chi connectivity index (χ0n) is 15.8. The van der Waals surface area contributed by atoms with E-state index in [0.29, 0.717) is 0 Å². The molecule has 0 aromatic rings. The summed E-state index contributed by atoms with van der Waals surface area (Å²) >= 11 is 0. The molecule has 1 heteroatoms. The average molecular weight is 310 g/mol. The third-order valence-electron chi connectivity index (χ3n) is 5.08. The van der Waals surface area contributed by atoms with Crippen molar-refractivity contribution in [2.75, 3.05) is 0 Å². The first-order valence-corrected chi connectivity index (χ1v) is 9.92. The van der Waals surface area contributed by atoms with Crippen LogP contribution in [0.5, 0.6) is 0 Å². The van der Waals surface area contributed by atoms with Gasteiger partial charge in [-0.3, -0.25) is 0 Å². The molecule has 0 amide bonds. The fourth-order valence-corrected chi connectivity index (χ4v) is 3.08. The molecule has 0 radical (unpaired) electrons. The molecule has 0 aliphatic heterocycles. The summed E-state index contributed by atoms with van der Waals surface area (Å²) in [6.07, 6.45) is 21.5. The van der Waals surface area contributed by atoms with E-state index in [0.717, 1.165) is 0 Å². The maximum absolute atomic E-state index is 6.08. The second-order valence-corrected chi connectivity index (χ2v) is 7.74. The molecular weight excluding hydrogens is 266 g/mol. The highest BCUT2D eigenvalue weighted by atomic mass is 14.7. The van der Waals surface area contributed by atoms with Gasteiger partial charge in [0.25, 0.3) is 0 Å². The maximum Gasteiger partial charge on any atom is 0.0273 e. The average Bonchev–Trinajstić information content (AvgIpc) is 2.50. The molecule has 0 aliphatic rings. The van der Waals surface area contributed by atoms with Crippen molar-refractivity contribution in [2.45, 2.75) is 117 Å². The Bertz CT molecular complexity index is 244. The lowest BCUT2D eigenvalue weighted by molar-refractivity contribution is 0.285. The van der Waals surface area contributed by atoms with E-state index in [-0.39, 0.29) is 11.5 Å². The Balaban J connectivity index is 3.25. The molecule has 0 rings (SSSR count). The van der Waals surface area contributed by atoms with Gasteiger partial charge in [0.15, 0.2) is 0 Å². The van der Waals surface area contributed by atoms with Crippen molar-refractivity contribution < 1.29 is 0 Å². The molecular formula is C21H43N. The molecule has 0 fully saturated rings. The van der Waals surface area contributed by atoms with Crippen LogP contribution in [0.4, 0.5) is 0 Å². The van der Waals surface area contributed by atoms with Crippen LogP contribution < -0.4 is 5.73 Å². The minimum atomic E-state index is 0.129. The summed E-state index contributed by atoms with van der Waals surface area (Å²) in [5, 5.41) is 0. The van der Waals surface area contributed by atoms with E-state index < -0.39 is 0 Å². The van der Waals surface area contributed by atoms with Crippen LogP contribution in [0, 0.1) is 5.41 Å². The van der Waals surface area contributed by atoms with Crippen LogP contribution in [0.15, 0.2) is 12.7 Å². The fourth-order valence-electron chi connectivity index (χ4n) is 3.08. The first-order valence-electron chi connectivity index (χ1n) is 9.92. The van der Waals surface area contributed by atoms with Crippen molar-refractivity contribution in [2.24, 2.45) is 11.1 Å². The van der Waals surface area contributed by atoms with Gasteiger partial charge in [-0.25, -0.2) is 0 Å². The number of hydrogen-bond donors (Lipinski definition) is 1. The minimum Gasteiger partial charge on any atom is -0.324 e. The topological polar surface area (TPSA) is 26.0 Å². The van der Waals surface area contributed by atoms with Gasteiger partial charge in [0.2, 0.25) is 0 Å². The van der Waals surface area contributed by atoms with Crippen LogP contribution in [0.2, 0.25) is 0 Å². The lowest BCUT2D eigenvalue weighted by Crippen LogP contribution is -2.35. The highest BCUT2D eigenvalue weighted by Gasteiger charge is 2.23. The largest absolute Gasteiger partial charge is 0.324 e. The van der Waals surface area contributed by atoms with Crippen molar-refractivity contribution in [3.8, 4) is 0 Å². The second-order valence-electron chi connectivity index (χ2n) is 7.74. The van der Waals surface area contributed by atoms with Crippen LogP contribution >= 0.6 is 0 Å². The van der Waals surface area contributed by atoms with Gasteiger partial charge in [0.1, 0.15) is 0 Å². The number of rotatable bonds is 16. The van der Waals surface area contributed by atoms with Gasteiger partial charge in [0, 0.05) is 6.04 Å². The molecule has 0 bridgehead atoms. The van der Waals surface area contributed by atoms with Gasteiger partial charge in [-0.15, -0.1) is 6.58 Å². The van der Waals surface area contributed by atoms with Gasteiger partial charge < -0.3 is 5.73 Å². The zero-order chi connectivity index (χ0) is 16.7. The first kappa shape index (κ1) is 21.7. The van der Waals surface area contributed by atoms with Crippen LogP contribution in [0.1, 0.15) is 111 Å². The van der Waals surface area contributed by atoms with Gasteiger partial charge >= 0.3 is 0 Å². The summed E-state index contributed by atoms with van der Waals surface area (Å²) in [6, 6.07) is 0.129. The van der Waals surface area contributed by atoms with E-state index >= 15 is 0 Å². The Morgan fingerprint density at radius 1 is 0.773 bits per heavy atom. The molecule has 22 heavy (non-hydrogen) atoms. The summed E-state index contributed by atoms with van der Waals surface area (Å²) in [6.45, 7) is 10.6. The van der Waals surface area contributed by atoms with Gasteiger partial charge in [-0.1, -0.05) is 110 Å². The first-order chi connectivity index (χ1) is 10.5. The Morgan fingerprint density at radius 2 is 1.14 bits per heavy atom. The normalized spacial score (nSPS) is 13.3. The van der Waals surface area contributed by atoms with Crippen LogP contribution in [-0.2, 0) is 0 Å². The smallest absolute Gasteiger partial charge is 0.0273 e. The van der Waals surface area contributed by atoms with Crippen molar-refractivity contribution in [1.82, 2.24) is 0 Å². The summed E-state index contributed by atoms with van der Waals surface area (Å²) in [7, 11) is 0. The summed E-state index contributed by atoms with van der Waals surface area (Å²) in [5.41, 5.74) is 6.29. The maximum atomic E-state index is 6.08. The molecule has 1 nitrogen and oxygen atoms in total. The lowest BCUT2D eigenvalue weighted by atomic mass is 9.80. The summed E-state index contributed by atoms with van der Waals surface area (Å²) in [5.74, 6) is 0. The molecule has 1 unspecified atom stereocenters. The number of nitrogens with two attached hydrogens (primary N) is 1. The Hall–Kier alpha value is -0.300. The highest BCUT2D eigenvalue weighted by Crippen LogP contribution is 2.27. The van der Waals surface area contributed by atoms with Crippen molar-refractivity contribution in [3.63, 3.8) is 0 Å². The van der Waals surface area contributed by atoms with Crippen molar-refractivity contribution in [3.05, 3.63) is 12.7 Å². The van der Waals surface area contributed by atoms with Gasteiger partial charge in [-0.2, -0.15) is 0 Å². The highest BCUT2D eigenvalue weighted by molar-refractivity contribution is 4.93. The SMILES string of the molecule is C=CC(N)C(C)(C)CCCCCCCCCCCCCCC. The van der Waals surface area contributed by atoms with E-state index in [2.05, 4.69) is 27.4 Å². The Kier molecular flexibility index (Phi) is 14.1. The van der Waals surface area contributed by atoms with E-state index in [1.807, 2.05) is 6.08 Å². The fraction of sp³-hybridized carbons (Fsp3) is 0.905. The molecule has 0 saturated heterocycles. The molecule has 132 valence electrons. The lowest BCUT2D eigenvalue weighted by Gasteiger charge is -2.29. The van der Waals surface area contributed by atoms with Crippen LogP contribution in [-0.4, -0.2) is 6.04 Å². The number of hydrogen-bond acceptors (Lipinski definition) is 1. The van der Waals surface area contributed by atoms with Crippen LogP contribution in [0.25, 0.3) is 0 Å². The molecule has 0 spiro atoms. The van der Waals surface area contributed by atoms with Crippen molar-refractivity contribution >= 4 is 0 Å². The molecule has 0 heterocycles.